The molecule has 5 rings (SSSR count). The monoisotopic (exact) mass is 431 g/mol. The molecule has 0 atom stereocenters. The van der Waals surface area contributed by atoms with Crippen LogP contribution < -0.4 is 4.90 Å². The summed E-state index contributed by atoms with van der Waals surface area (Å²) >= 11 is 3.56. The minimum absolute atomic E-state index is 0.0712. The van der Waals surface area contributed by atoms with Crippen molar-refractivity contribution in [2.24, 2.45) is 0 Å². The van der Waals surface area contributed by atoms with Crippen molar-refractivity contribution in [2.45, 2.75) is 22.0 Å². The van der Waals surface area contributed by atoms with Crippen LogP contribution in [0.1, 0.15) is 22.5 Å². The fraction of sp³-hybridized carbons (Fsp3) is 0.167. The normalized spacial score (nSPS) is 13.8. The minimum Gasteiger partial charge on any atom is -0.307 e. The average Bonchev–Trinajstić information content (AvgIpc) is 3.09. The first-order valence-corrected chi connectivity index (χ1v) is 11.9. The zero-order valence-corrected chi connectivity index (χ0v) is 18.0. The van der Waals surface area contributed by atoms with E-state index in [2.05, 4.69) is 17.2 Å². The lowest BCUT2D eigenvalue weighted by molar-refractivity contribution is 0.0986. The number of hydrogen-bond donors (Lipinski definition) is 0. The molecule has 0 fully saturated rings. The van der Waals surface area contributed by atoms with Crippen molar-refractivity contribution in [2.75, 3.05) is 17.2 Å². The van der Waals surface area contributed by atoms with Gasteiger partial charge in [0.2, 0.25) is 0 Å². The topological polar surface area (TPSA) is 37.6 Å². The van der Waals surface area contributed by atoms with Crippen molar-refractivity contribution < 1.29 is 4.79 Å². The third-order valence-electron chi connectivity index (χ3n) is 5.09. The summed E-state index contributed by atoms with van der Waals surface area (Å²) in [7, 11) is 0. The van der Waals surface area contributed by atoms with Crippen LogP contribution in [0, 0.1) is 0 Å². The molecule has 6 heteroatoms. The molecule has 4 nitrogen and oxygen atoms in total. The zero-order valence-electron chi connectivity index (χ0n) is 16.4. The predicted molar refractivity (Wildman–Crippen MR) is 125 cm³/mol. The van der Waals surface area contributed by atoms with Crippen LogP contribution in [0.5, 0.6) is 0 Å². The fourth-order valence-electron chi connectivity index (χ4n) is 3.60. The number of para-hydroxylation sites is 1. The Balaban J connectivity index is 1.29. The lowest BCUT2D eigenvalue weighted by Crippen LogP contribution is -2.31. The zero-order chi connectivity index (χ0) is 20.3. The van der Waals surface area contributed by atoms with Gasteiger partial charge in [-0.05, 0) is 60.7 Å². The maximum atomic E-state index is 13.2. The number of aromatic nitrogens is 2. The Labute approximate surface area is 184 Å². The molecule has 150 valence electrons. The molecule has 4 aromatic rings. The largest absolute Gasteiger partial charge is 0.307 e. The quantitative estimate of drug-likeness (QED) is 0.385. The number of hydrogen-bond acceptors (Lipinski definition) is 4. The first-order valence-electron chi connectivity index (χ1n) is 9.97. The van der Waals surface area contributed by atoms with Crippen LogP contribution in [0.25, 0.3) is 5.65 Å². The Morgan fingerprint density at radius 2 is 1.87 bits per heavy atom. The predicted octanol–water partition coefficient (Wildman–Crippen LogP) is 5.77. The highest BCUT2D eigenvalue weighted by molar-refractivity contribution is 7.99. The second-order valence-electron chi connectivity index (χ2n) is 7.14. The van der Waals surface area contributed by atoms with Crippen LogP contribution >= 0.6 is 23.5 Å². The lowest BCUT2D eigenvalue weighted by atomic mass is 10.1. The Hall–Kier alpha value is -2.70. The van der Waals surface area contributed by atoms with E-state index < -0.39 is 0 Å². The van der Waals surface area contributed by atoms with E-state index >= 15 is 0 Å². The van der Waals surface area contributed by atoms with Crippen molar-refractivity contribution in [1.29, 1.82) is 0 Å². The number of carbonyl (C=O) groups excluding carboxylic acids is 1. The molecule has 0 spiro atoms. The Kier molecular flexibility index (Phi) is 5.51. The highest BCUT2D eigenvalue weighted by Crippen LogP contribution is 2.34. The summed E-state index contributed by atoms with van der Waals surface area (Å²) in [5, 5.41) is 0. The summed E-state index contributed by atoms with van der Waals surface area (Å²) < 4.78 is 2.04. The molecule has 30 heavy (non-hydrogen) atoms. The molecular formula is C24H21N3OS2. The van der Waals surface area contributed by atoms with Gasteiger partial charge in [0.05, 0.1) is 11.4 Å². The molecule has 0 saturated heterocycles. The van der Waals surface area contributed by atoms with Crippen molar-refractivity contribution in [3.05, 3.63) is 90.4 Å². The second-order valence-corrected chi connectivity index (χ2v) is 9.32. The molecule has 1 aliphatic heterocycles. The maximum absolute atomic E-state index is 13.2. The molecule has 3 heterocycles. The standard InChI is InChI=1S/C24H21N3OS2/c28-24(27-14-5-15-29-22-7-2-1-6-21(22)27)18-9-11-20(12-10-18)30-17-19-16-26-13-4-3-8-23(26)25-19/h1-4,6-13,16H,5,14-15,17H2. The first-order chi connectivity index (χ1) is 14.8. The van der Waals surface area contributed by atoms with Gasteiger partial charge in [-0.1, -0.05) is 18.2 Å². The molecule has 0 saturated carbocycles. The van der Waals surface area contributed by atoms with Crippen LogP contribution in [0.3, 0.4) is 0 Å². The molecular weight excluding hydrogens is 410 g/mol. The van der Waals surface area contributed by atoms with E-state index in [1.165, 1.54) is 4.90 Å². The number of thioether (sulfide) groups is 2. The Morgan fingerprint density at radius 3 is 2.73 bits per heavy atom. The number of imidazole rings is 1. The highest BCUT2D eigenvalue weighted by Gasteiger charge is 2.22. The van der Waals surface area contributed by atoms with Gasteiger partial charge in [-0.2, -0.15) is 0 Å². The Morgan fingerprint density at radius 1 is 1.03 bits per heavy atom. The van der Waals surface area contributed by atoms with Crippen molar-refractivity contribution >= 4 is 40.8 Å². The van der Waals surface area contributed by atoms with E-state index in [-0.39, 0.29) is 5.91 Å². The lowest BCUT2D eigenvalue weighted by Gasteiger charge is -2.22. The first kappa shape index (κ1) is 19.3. The number of amides is 1. The van der Waals surface area contributed by atoms with Crippen LogP contribution in [-0.4, -0.2) is 27.6 Å². The van der Waals surface area contributed by atoms with E-state index in [1.807, 2.05) is 87.9 Å². The maximum Gasteiger partial charge on any atom is 0.258 e. The summed E-state index contributed by atoms with van der Waals surface area (Å²) in [6.07, 6.45) is 5.07. The van der Waals surface area contributed by atoms with E-state index in [4.69, 9.17) is 0 Å². The molecule has 2 aromatic carbocycles. The molecule has 0 bridgehead atoms. The number of anilines is 1. The third-order valence-corrected chi connectivity index (χ3v) is 7.28. The van der Waals surface area contributed by atoms with E-state index in [0.717, 1.165) is 52.0 Å². The van der Waals surface area contributed by atoms with E-state index in [9.17, 15) is 4.79 Å². The highest BCUT2D eigenvalue weighted by atomic mass is 32.2. The number of pyridine rings is 1. The van der Waals surface area contributed by atoms with Gasteiger partial charge in [0.1, 0.15) is 5.65 Å². The van der Waals surface area contributed by atoms with E-state index in [1.54, 1.807) is 11.8 Å². The summed E-state index contributed by atoms with van der Waals surface area (Å²) in [6, 6.07) is 22.1. The van der Waals surface area contributed by atoms with Gasteiger partial charge in [0, 0.05) is 40.0 Å². The number of fused-ring (bicyclic) bond motifs is 2. The van der Waals surface area contributed by atoms with Crippen molar-refractivity contribution in [3.8, 4) is 0 Å². The Bertz CT molecular complexity index is 1150. The van der Waals surface area contributed by atoms with Crippen LogP contribution in [0.4, 0.5) is 5.69 Å². The molecule has 0 unspecified atom stereocenters. The number of benzene rings is 2. The van der Waals surface area contributed by atoms with Gasteiger partial charge in [0.25, 0.3) is 5.91 Å². The van der Waals surface area contributed by atoms with Gasteiger partial charge in [-0.25, -0.2) is 4.98 Å². The van der Waals surface area contributed by atoms with E-state index in [0.29, 0.717) is 0 Å². The minimum atomic E-state index is 0.0712. The molecule has 1 amide bonds. The van der Waals surface area contributed by atoms with Gasteiger partial charge in [-0.3, -0.25) is 4.79 Å². The molecule has 0 aliphatic carbocycles. The third kappa shape index (κ3) is 3.98. The number of nitrogens with zero attached hydrogens (tertiary/aromatic N) is 3. The van der Waals surface area contributed by atoms with Crippen LogP contribution in [0.2, 0.25) is 0 Å². The fourth-order valence-corrected chi connectivity index (χ4v) is 5.38. The second kappa shape index (κ2) is 8.58. The summed E-state index contributed by atoms with van der Waals surface area (Å²) in [5.41, 5.74) is 3.76. The molecule has 1 aliphatic rings. The number of carbonyl (C=O) groups is 1. The van der Waals surface area contributed by atoms with Crippen LogP contribution in [-0.2, 0) is 5.75 Å². The van der Waals surface area contributed by atoms with Crippen molar-refractivity contribution in [1.82, 2.24) is 9.38 Å². The smallest absolute Gasteiger partial charge is 0.258 e. The van der Waals surface area contributed by atoms with Gasteiger partial charge in [0.15, 0.2) is 0 Å². The summed E-state index contributed by atoms with van der Waals surface area (Å²) in [4.78, 5) is 22.1. The molecule has 2 aromatic heterocycles. The van der Waals surface area contributed by atoms with Gasteiger partial charge < -0.3 is 9.30 Å². The van der Waals surface area contributed by atoms with Crippen LogP contribution in [0.15, 0.2) is 88.9 Å². The van der Waals surface area contributed by atoms with Gasteiger partial charge >= 0.3 is 0 Å². The SMILES string of the molecule is O=C(c1ccc(SCc2cn3ccccc3n2)cc1)N1CCCSc2ccccc21. The molecule has 0 radical (unpaired) electrons. The average molecular weight is 432 g/mol. The van der Waals surface area contributed by atoms with Gasteiger partial charge in [-0.15, -0.1) is 23.5 Å². The summed E-state index contributed by atoms with van der Waals surface area (Å²) in [5.74, 6) is 1.91. The summed E-state index contributed by atoms with van der Waals surface area (Å²) in [6.45, 7) is 0.757. The molecule has 0 N–H and O–H groups in total. The van der Waals surface area contributed by atoms with Crippen molar-refractivity contribution in [3.63, 3.8) is 0 Å². The number of rotatable bonds is 4.